The van der Waals surface area contributed by atoms with Gasteiger partial charge in [-0.05, 0) is 59.9 Å². The van der Waals surface area contributed by atoms with Crippen LogP contribution in [0.15, 0.2) is 60.9 Å². The highest BCUT2D eigenvalue weighted by Crippen LogP contribution is 2.34. The van der Waals surface area contributed by atoms with Gasteiger partial charge >= 0.3 is 0 Å². The number of aromatic nitrogens is 2. The lowest BCUT2D eigenvalue weighted by Crippen LogP contribution is -2.15. The molecule has 0 aliphatic heterocycles. The molecule has 3 aromatic rings. The summed E-state index contributed by atoms with van der Waals surface area (Å²) in [5.41, 5.74) is 4.59. The van der Waals surface area contributed by atoms with Crippen LogP contribution in [0.2, 0.25) is 0 Å². The average molecular weight is 471 g/mol. The maximum Gasteiger partial charge on any atom is 0.159 e. The number of unbranched alkanes of at least 4 members (excludes halogenated alkanes) is 2. The number of nitrogens with zero attached hydrogens (tertiary/aromatic N) is 2. The summed E-state index contributed by atoms with van der Waals surface area (Å²) in [6.07, 6.45) is 18.7. The Morgan fingerprint density at radius 1 is 0.686 bits per heavy atom. The van der Waals surface area contributed by atoms with Gasteiger partial charge in [0, 0.05) is 18.0 Å². The first-order chi connectivity index (χ1) is 17.2. The number of hydrogen-bond acceptors (Lipinski definition) is 3. The van der Waals surface area contributed by atoms with Crippen molar-refractivity contribution in [3.05, 3.63) is 66.5 Å². The first-order valence-electron chi connectivity index (χ1n) is 13.9. The molecule has 1 aliphatic carbocycles. The molecule has 0 N–H and O–H groups in total. The Balaban J connectivity index is 1.18. The molecular weight excluding hydrogens is 428 g/mol. The molecule has 186 valence electrons. The smallest absolute Gasteiger partial charge is 0.159 e. The lowest BCUT2D eigenvalue weighted by molar-refractivity contribution is 0.228. The fraction of sp³-hybridized carbons (Fsp3) is 0.500. The van der Waals surface area contributed by atoms with Crippen molar-refractivity contribution < 1.29 is 4.74 Å². The van der Waals surface area contributed by atoms with E-state index in [0.29, 0.717) is 0 Å². The monoisotopic (exact) mass is 470 g/mol. The fourth-order valence-electron chi connectivity index (χ4n) is 5.30. The molecule has 0 spiro atoms. The van der Waals surface area contributed by atoms with Crippen LogP contribution < -0.4 is 4.74 Å². The van der Waals surface area contributed by atoms with Crippen LogP contribution in [0.5, 0.6) is 5.75 Å². The summed E-state index contributed by atoms with van der Waals surface area (Å²) in [6, 6.07) is 17.0. The van der Waals surface area contributed by atoms with Crippen molar-refractivity contribution in [2.24, 2.45) is 11.8 Å². The summed E-state index contributed by atoms with van der Waals surface area (Å²) in [5, 5.41) is 0. The Labute approximate surface area is 212 Å². The van der Waals surface area contributed by atoms with E-state index in [9.17, 15) is 0 Å². The van der Waals surface area contributed by atoms with Crippen molar-refractivity contribution in [3.8, 4) is 28.3 Å². The molecule has 0 unspecified atom stereocenters. The van der Waals surface area contributed by atoms with Crippen molar-refractivity contribution in [3.63, 3.8) is 0 Å². The molecule has 1 saturated carbocycles. The molecule has 0 atom stereocenters. The average Bonchev–Trinajstić information content (AvgIpc) is 2.92. The Hall–Kier alpha value is -2.68. The Morgan fingerprint density at radius 3 is 1.80 bits per heavy atom. The van der Waals surface area contributed by atoms with Gasteiger partial charge in [-0.1, -0.05) is 102 Å². The maximum absolute atomic E-state index is 6.05. The zero-order chi connectivity index (χ0) is 24.3. The first kappa shape index (κ1) is 25.4. The van der Waals surface area contributed by atoms with Crippen LogP contribution in [0.4, 0.5) is 0 Å². The summed E-state index contributed by atoms with van der Waals surface area (Å²) in [4.78, 5) is 8.98. The minimum atomic E-state index is 0.775. The molecule has 0 amide bonds. The van der Waals surface area contributed by atoms with E-state index in [4.69, 9.17) is 4.74 Å². The van der Waals surface area contributed by atoms with Crippen LogP contribution in [-0.4, -0.2) is 16.6 Å². The second-order valence-electron chi connectivity index (χ2n) is 10.2. The fourth-order valence-corrected chi connectivity index (χ4v) is 5.30. The number of hydrogen-bond donors (Lipinski definition) is 0. The predicted molar refractivity (Wildman–Crippen MR) is 147 cm³/mol. The van der Waals surface area contributed by atoms with Gasteiger partial charge in [-0.25, -0.2) is 9.97 Å². The third-order valence-electron chi connectivity index (χ3n) is 7.65. The summed E-state index contributed by atoms with van der Waals surface area (Å²) < 4.78 is 6.05. The molecule has 0 radical (unpaired) electrons. The summed E-state index contributed by atoms with van der Waals surface area (Å²) in [7, 11) is 0. The first-order valence-corrected chi connectivity index (χ1v) is 13.9. The summed E-state index contributed by atoms with van der Waals surface area (Å²) in [6.45, 7) is 5.24. The zero-order valence-corrected chi connectivity index (χ0v) is 21.7. The quantitative estimate of drug-likeness (QED) is 0.248. The van der Waals surface area contributed by atoms with Crippen molar-refractivity contribution in [2.75, 3.05) is 6.61 Å². The molecule has 1 aliphatic rings. The van der Waals surface area contributed by atoms with Gasteiger partial charge in [0.1, 0.15) is 5.75 Å². The molecule has 3 heteroatoms. The normalized spacial score (nSPS) is 17.9. The van der Waals surface area contributed by atoms with Crippen molar-refractivity contribution in [1.82, 2.24) is 9.97 Å². The number of rotatable bonds is 12. The second kappa shape index (κ2) is 13.4. The second-order valence-corrected chi connectivity index (χ2v) is 10.2. The Bertz CT molecular complexity index is 987. The standard InChI is InChI=1S/C32H42N2O/c1-3-5-6-8-26-10-12-27(13-11-26)9-7-22-35-31-20-18-29(19-21-31)28-14-16-30(17-15-28)32-33-23-25(4-2)24-34-32/h14-21,23-24,26-27H,3-13,22H2,1-2H3. The maximum atomic E-state index is 6.05. The van der Waals surface area contributed by atoms with Gasteiger partial charge in [0.05, 0.1) is 6.61 Å². The van der Waals surface area contributed by atoms with E-state index in [1.807, 2.05) is 12.4 Å². The van der Waals surface area contributed by atoms with Crippen LogP contribution in [0.25, 0.3) is 22.5 Å². The molecule has 35 heavy (non-hydrogen) atoms. The highest BCUT2D eigenvalue weighted by molar-refractivity contribution is 5.68. The van der Waals surface area contributed by atoms with E-state index >= 15 is 0 Å². The largest absolute Gasteiger partial charge is 0.494 e. The van der Waals surface area contributed by atoms with Gasteiger partial charge in [0.2, 0.25) is 0 Å². The molecular formula is C32H42N2O. The molecule has 1 heterocycles. The van der Waals surface area contributed by atoms with Crippen molar-refractivity contribution in [1.29, 1.82) is 0 Å². The van der Waals surface area contributed by atoms with E-state index in [2.05, 4.69) is 72.3 Å². The van der Waals surface area contributed by atoms with Crippen LogP contribution >= 0.6 is 0 Å². The van der Waals surface area contributed by atoms with E-state index in [1.165, 1.54) is 68.9 Å². The third kappa shape index (κ3) is 7.65. The molecule has 1 aromatic heterocycles. The van der Waals surface area contributed by atoms with Gasteiger partial charge in [0.25, 0.3) is 0 Å². The van der Waals surface area contributed by atoms with Gasteiger partial charge in [-0.15, -0.1) is 0 Å². The topological polar surface area (TPSA) is 35.0 Å². The van der Waals surface area contributed by atoms with Gasteiger partial charge < -0.3 is 4.74 Å². The van der Waals surface area contributed by atoms with Crippen LogP contribution in [0.1, 0.15) is 83.6 Å². The molecule has 1 fully saturated rings. The minimum absolute atomic E-state index is 0.775. The predicted octanol–water partition coefficient (Wildman–Crippen LogP) is 8.92. The molecule has 2 aromatic carbocycles. The summed E-state index contributed by atoms with van der Waals surface area (Å²) in [5.74, 6) is 3.66. The number of aryl methyl sites for hydroxylation is 1. The van der Waals surface area contributed by atoms with E-state index < -0.39 is 0 Å². The van der Waals surface area contributed by atoms with Crippen molar-refractivity contribution >= 4 is 0 Å². The Kier molecular flexibility index (Phi) is 9.74. The van der Waals surface area contributed by atoms with E-state index in [1.54, 1.807) is 0 Å². The van der Waals surface area contributed by atoms with E-state index in [-0.39, 0.29) is 0 Å². The third-order valence-corrected chi connectivity index (χ3v) is 7.65. The van der Waals surface area contributed by atoms with Crippen molar-refractivity contribution in [2.45, 2.75) is 84.5 Å². The van der Waals surface area contributed by atoms with E-state index in [0.717, 1.165) is 54.0 Å². The Morgan fingerprint density at radius 2 is 1.23 bits per heavy atom. The minimum Gasteiger partial charge on any atom is -0.494 e. The van der Waals surface area contributed by atoms with Gasteiger partial charge in [-0.3, -0.25) is 0 Å². The van der Waals surface area contributed by atoms with Crippen LogP contribution in [0.3, 0.4) is 0 Å². The number of ether oxygens (including phenoxy) is 1. The lowest BCUT2D eigenvalue weighted by atomic mass is 9.78. The van der Waals surface area contributed by atoms with Crippen LogP contribution in [-0.2, 0) is 6.42 Å². The lowest BCUT2D eigenvalue weighted by Gasteiger charge is -2.28. The molecule has 0 bridgehead atoms. The van der Waals surface area contributed by atoms with Gasteiger partial charge in [-0.2, -0.15) is 0 Å². The number of benzene rings is 2. The highest BCUT2D eigenvalue weighted by atomic mass is 16.5. The molecule has 4 rings (SSSR count). The summed E-state index contributed by atoms with van der Waals surface area (Å²) >= 11 is 0. The highest BCUT2D eigenvalue weighted by Gasteiger charge is 2.20. The zero-order valence-electron chi connectivity index (χ0n) is 21.7. The van der Waals surface area contributed by atoms with Crippen LogP contribution in [0, 0.1) is 11.8 Å². The molecule has 0 saturated heterocycles. The van der Waals surface area contributed by atoms with Gasteiger partial charge in [0.15, 0.2) is 5.82 Å². The SMILES string of the molecule is CCCCCC1CCC(CCCOc2ccc(-c3ccc(-c4ncc(CC)cn4)cc3)cc2)CC1. The molecule has 3 nitrogen and oxygen atoms in total.